The van der Waals surface area contributed by atoms with Gasteiger partial charge in [-0.3, -0.25) is 0 Å². The van der Waals surface area contributed by atoms with Gasteiger partial charge in [0.15, 0.2) is 0 Å². The summed E-state index contributed by atoms with van der Waals surface area (Å²) in [7, 11) is 0. The molecule has 6 heteroatoms. The third-order valence-electron chi connectivity index (χ3n) is 2.94. The number of aromatic nitrogens is 3. The van der Waals surface area contributed by atoms with Gasteiger partial charge in [0, 0.05) is 34.1 Å². The van der Waals surface area contributed by atoms with Gasteiger partial charge >= 0.3 is 0 Å². The summed E-state index contributed by atoms with van der Waals surface area (Å²) < 4.78 is 3.06. The molecule has 0 aliphatic heterocycles. The number of hydrogen-bond donors (Lipinski definition) is 1. The molecule has 1 atom stereocenters. The molecule has 4 nitrogen and oxygen atoms in total. The number of nitrogens with zero attached hydrogens (tertiary/aromatic N) is 3. The average molecular weight is 369 g/mol. The first-order valence-corrected chi connectivity index (χ1v) is 8.83. The van der Waals surface area contributed by atoms with Crippen molar-refractivity contribution in [1.29, 1.82) is 0 Å². The number of rotatable bonds is 7. The Balaban J connectivity index is 1.87. The third kappa shape index (κ3) is 5.45. The zero-order chi connectivity index (χ0) is 15.2. The molecule has 0 aliphatic carbocycles. The Morgan fingerprint density at radius 1 is 1.38 bits per heavy atom. The lowest BCUT2D eigenvalue weighted by Gasteiger charge is -2.13. The van der Waals surface area contributed by atoms with Gasteiger partial charge in [-0.15, -0.1) is 11.8 Å². The van der Waals surface area contributed by atoms with E-state index in [-0.39, 0.29) is 6.04 Å². The molecule has 0 radical (unpaired) electrons. The van der Waals surface area contributed by atoms with Crippen LogP contribution in [0.2, 0.25) is 0 Å². The lowest BCUT2D eigenvalue weighted by Crippen LogP contribution is -2.27. The number of hydrogen-bond acceptors (Lipinski definition) is 4. The maximum atomic E-state index is 6.24. The molecule has 2 N–H and O–H groups in total. The molecule has 1 aromatic heterocycles. The number of halogens is 1. The molecule has 1 heterocycles. The topological polar surface area (TPSA) is 56.7 Å². The van der Waals surface area contributed by atoms with Crippen LogP contribution in [0.4, 0.5) is 0 Å². The lowest BCUT2D eigenvalue weighted by molar-refractivity contribution is 0.461. The SMILES string of the molecule is CC(C)Cn1ncnc1CC(N)CSc1cccc(Br)c1. The van der Waals surface area contributed by atoms with Gasteiger partial charge in [-0.05, 0) is 24.1 Å². The van der Waals surface area contributed by atoms with E-state index in [1.165, 1.54) is 4.90 Å². The largest absolute Gasteiger partial charge is 0.327 e. The van der Waals surface area contributed by atoms with Crippen LogP contribution in [-0.4, -0.2) is 26.6 Å². The first-order valence-electron chi connectivity index (χ1n) is 7.05. The Labute approximate surface area is 138 Å². The highest BCUT2D eigenvalue weighted by Gasteiger charge is 2.11. The van der Waals surface area contributed by atoms with E-state index in [9.17, 15) is 0 Å². The summed E-state index contributed by atoms with van der Waals surface area (Å²) in [6.07, 6.45) is 2.37. The van der Waals surface area contributed by atoms with Gasteiger partial charge in [0.25, 0.3) is 0 Å². The highest BCUT2D eigenvalue weighted by Crippen LogP contribution is 2.22. The van der Waals surface area contributed by atoms with Crippen molar-refractivity contribution >= 4 is 27.7 Å². The van der Waals surface area contributed by atoms with Gasteiger partial charge in [-0.2, -0.15) is 5.10 Å². The predicted octanol–water partition coefficient (Wildman–Crippen LogP) is 3.36. The van der Waals surface area contributed by atoms with Crippen LogP contribution in [0, 0.1) is 5.92 Å². The van der Waals surface area contributed by atoms with Crippen molar-refractivity contribution in [3.63, 3.8) is 0 Å². The Morgan fingerprint density at radius 3 is 2.90 bits per heavy atom. The van der Waals surface area contributed by atoms with Crippen LogP contribution in [-0.2, 0) is 13.0 Å². The normalized spacial score (nSPS) is 12.8. The Kier molecular flexibility index (Phi) is 6.26. The smallest absolute Gasteiger partial charge is 0.138 e. The van der Waals surface area contributed by atoms with Crippen molar-refractivity contribution in [2.75, 3.05) is 5.75 Å². The van der Waals surface area contributed by atoms with Gasteiger partial charge in [0.05, 0.1) is 0 Å². The highest BCUT2D eigenvalue weighted by atomic mass is 79.9. The quantitative estimate of drug-likeness (QED) is 0.761. The zero-order valence-electron chi connectivity index (χ0n) is 12.4. The first-order chi connectivity index (χ1) is 10.0. The Bertz CT molecular complexity index is 570. The standard InChI is InChI=1S/C15H21BrN4S/c1-11(2)8-20-15(18-10-19-20)7-13(17)9-21-14-5-3-4-12(16)6-14/h3-6,10-11,13H,7-9,17H2,1-2H3. The number of benzene rings is 1. The summed E-state index contributed by atoms with van der Waals surface area (Å²) in [5.41, 5.74) is 6.24. The molecule has 114 valence electrons. The minimum Gasteiger partial charge on any atom is -0.327 e. The van der Waals surface area contributed by atoms with Crippen LogP contribution in [0.1, 0.15) is 19.7 Å². The molecule has 2 rings (SSSR count). The molecule has 2 aromatic rings. The molecule has 21 heavy (non-hydrogen) atoms. The van der Waals surface area contributed by atoms with Crippen LogP contribution in [0.15, 0.2) is 40.0 Å². The van der Waals surface area contributed by atoms with E-state index in [0.717, 1.165) is 29.0 Å². The number of nitrogens with two attached hydrogens (primary N) is 1. The van der Waals surface area contributed by atoms with Gasteiger partial charge in [0.2, 0.25) is 0 Å². The van der Waals surface area contributed by atoms with E-state index >= 15 is 0 Å². The summed E-state index contributed by atoms with van der Waals surface area (Å²) in [6.45, 7) is 5.24. The monoisotopic (exact) mass is 368 g/mol. The van der Waals surface area contributed by atoms with Crippen molar-refractivity contribution in [3.8, 4) is 0 Å². The maximum absolute atomic E-state index is 6.24. The second-order valence-electron chi connectivity index (χ2n) is 5.48. The summed E-state index contributed by atoms with van der Waals surface area (Å²) in [4.78, 5) is 5.56. The van der Waals surface area contributed by atoms with Gasteiger partial charge in [-0.1, -0.05) is 35.8 Å². The summed E-state index contributed by atoms with van der Waals surface area (Å²) in [6, 6.07) is 8.35. The van der Waals surface area contributed by atoms with Crippen molar-refractivity contribution < 1.29 is 0 Å². The van der Waals surface area contributed by atoms with Crippen LogP contribution >= 0.6 is 27.7 Å². The van der Waals surface area contributed by atoms with E-state index < -0.39 is 0 Å². The van der Waals surface area contributed by atoms with E-state index in [0.29, 0.717) is 5.92 Å². The minimum atomic E-state index is 0.0732. The summed E-state index contributed by atoms with van der Waals surface area (Å²) in [5, 5.41) is 4.28. The predicted molar refractivity (Wildman–Crippen MR) is 91.4 cm³/mol. The van der Waals surface area contributed by atoms with Crippen molar-refractivity contribution in [1.82, 2.24) is 14.8 Å². The van der Waals surface area contributed by atoms with Crippen LogP contribution in [0.25, 0.3) is 0 Å². The molecule has 1 unspecified atom stereocenters. The fourth-order valence-electron chi connectivity index (χ4n) is 2.00. The second-order valence-corrected chi connectivity index (χ2v) is 7.49. The fraction of sp³-hybridized carbons (Fsp3) is 0.467. The molecule has 0 aliphatic rings. The molecular weight excluding hydrogens is 348 g/mol. The van der Waals surface area contributed by atoms with E-state index in [1.54, 1.807) is 18.1 Å². The Hall–Kier alpha value is -0.850. The zero-order valence-corrected chi connectivity index (χ0v) is 14.8. The summed E-state index contributed by atoms with van der Waals surface area (Å²) in [5.74, 6) is 2.40. The molecule has 0 saturated heterocycles. The van der Waals surface area contributed by atoms with E-state index in [1.807, 2.05) is 16.8 Å². The van der Waals surface area contributed by atoms with Crippen LogP contribution in [0.5, 0.6) is 0 Å². The van der Waals surface area contributed by atoms with Crippen molar-refractivity contribution in [2.24, 2.45) is 11.7 Å². The fourth-order valence-corrected chi connectivity index (χ4v) is 3.46. The van der Waals surface area contributed by atoms with Crippen LogP contribution < -0.4 is 5.73 Å². The average Bonchev–Trinajstić information content (AvgIpc) is 2.83. The molecule has 0 fully saturated rings. The van der Waals surface area contributed by atoms with Crippen molar-refractivity contribution in [3.05, 3.63) is 40.9 Å². The van der Waals surface area contributed by atoms with Gasteiger partial charge in [0.1, 0.15) is 12.2 Å². The van der Waals surface area contributed by atoms with Crippen LogP contribution in [0.3, 0.4) is 0 Å². The lowest BCUT2D eigenvalue weighted by atomic mass is 10.2. The molecule has 0 bridgehead atoms. The van der Waals surface area contributed by atoms with E-state index in [4.69, 9.17) is 5.73 Å². The second kappa shape index (κ2) is 7.96. The molecule has 0 amide bonds. The van der Waals surface area contributed by atoms with Gasteiger partial charge < -0.3 is 5.73 Å². The first kappa shape index (κ1) is 16.5. The molecule has 0 spiro atoms. The summed E-state index contributed by atoms with van der Waals surface area (Å²) >= 11 is 5.26. The Morgan fingerprint density at radius 2 is 2.19 bits per heavy atom. The minimum absolute atomic E-state index is 0.0732. The van der Waals surface area contributed by atoms with Gasteiger partial charge in [-0.25, -0.2) is 9.67 Å². The highest BCUT2D eigenvalue weighted by molar-refractivity contribution is 9.10. The van der Waals surface area contributed by atoms with E-state index in [2.05, 4.69) is 52.0 Å². The molecule has 0 saturated carbocycles. The third-order valence-corrected chi connectivity index (χ3v) is 4.61. The molecule has 1 aromatic carbocycles. The number of thioether (sulfide) groups is 1. The van der Waals surface area contributed by atoms with Crippen molar-refractivity contribution in [2.45, 2.75) is 37.8 Å². The maximum Gasteiger partial charge on any atom is 0.138 e. The molecular formula is C15H21BrN4S.